The minimum atomic E-state index is 0.0143. The molecule has 238 valence electrons. The van der Waals surface area contributed by atoms with Crippen LogP contribution < -0.4 is 0 Å². The third-order valence-corrected chi connectivity index (χ3v) is 10.3. The fourth-order valence-electron chi connectivity index (χ4n) is 8.03. The summed E-state index contributed by atoms with van der Waals surface area (Å²) >= 11 is 0. The first-order valence-electron chi connectivity index (χ1n) is 18.7. The number of hydrogen-bond acceptors (Lipinski definition) is 1. The van der Waals surface area contributed by atoms with Gasteiger partial charge in [-0.05, 0) is 88.9 Å². The largest absolute Gasteiger partial charge is 0.456 e. The summed E-state index contributed by atoms with van der Waals surface area (Å²) in [7, 11) is 0. The maximum Gasteiger partial charge on any atom is 0.135 e. The zero-order chi connectivity index (χ0) is 36.1. The highest BCUT2D eigenvalue weighted by Crippen LogP contribution is 2.41. The zero-order valence-electron chi connectivity index (χ0n) is 30.4. The lowest BCUT2D eigenvalue weighted by molar-refractivity contribution is 0.669. The minimum absolute atomic E-state index is 0.0143. The van der Waals surface area contributed by atoms with Crippen molar-refractivity contribution < 1.29 is 8.53 Å². The quantitative estimate of drug-likeness (QED) is 0.185. The summed E-state index contributed by atoms with van der Waals surface area (Å²) in [5.74, 6) is 0. The van der Waals surface area contributed by atoms with E-state index in [-0.39, 0.29) is 18.1 Å². The lowest BCUT2D eigenvalue weighted by Gasteiger charge is -2.12. The average molecular weight is 654 g/mol. The van der Waals surface area contributed by atoms with E-state index in [1.54, 1.807) is 6.07 Å². The Morgan fingerprint density at radius 3 is 1.96 bits per heavy atom. The molecule has 11 rings (SSSR count). The number of fused-ring (bicyclic) bond motifs is 9. The SMILES string of the molecule is [2H]c1cc(-c2ccc3oc4ccccc4c3c2)c([2H])c(-n2c3ccccc3c3c(-c4ccc5c6ccccc6n(-c6ccccc6)c5c4)cccc32)c1[2H]. The van der Waals surface area contributed by atoms with Crippen LogP contribution >= 0.6 is 0 Å². The summed E-state index contributed by atoms with van der Waals surface area (Å²) in [6.45, 7) is 0. The summed E-state index contributed by atoms with van der Waals surface area (Å²) in [5, 5.41) is 6.41. The van der Waals surface area contributed by atoms with E-state index in [4.69, 9.17) is 5.79 Å². The van der Waals surface area contributed by atoms with Crippen molar-refractivity contribution in [1.29, 1.82) is 0 Å². The maximum absolute atomic E-state index is 9.70. The first-order valence-corrected chi connectivity index (χ1v) is 17.2. The van der Waals surface area contributed by atoms with Crippen LogP contribution in [0.2, 0.25) is 0 Å². The lowest BCUT2D eigenvalue weighted by atomic mass is 9.98. The van der Waals surface area contributed by atoms with Crippen LogP contribution in [-0.4, -0.2) is 9.13 Å². The highest BCUT2D eigenvalue weighted by Gasteiger charge is 2.19. The van der Waals surface area contributed by atoms with Crippen LogP contribution in [-0.2, 0) is 0 Å². The molecule has 0 N–H and O–H groups in total. The van der Waals surface area contributed by atoms with Crippen LogP contribution in [0.15, 0.2) is 186 Å². The van der Waals surface area contributed by atoms with Gasteiger partial charge < -0.3 is 13.6 Å². The van der Waals surface area contributed by atoms with Gasteiger partial charge in [-0.1, -0.05) is 115 Å². The van der Waals surface area contributed by atoms with E-state index in [1.165, 1.54) is 10.8 Å². The van der Waals surface area contributed by atoms with Crippen LogP contribution in [0, 0.1) is 0 Å². The monoisotopic (exact) mass is 653 g/mol. The number of para-hydroxylation sites is 4. The Labute approximate surface area is 298 Å². The molecule has 3 nitrogen and oxygen atoms in total. The van der Waals surface area contributed by atoms with E-state index < -0.39 is 0 Å². The van der Waals surface area contributed by atoms with E-state index in [9.17, 15) is 2.74 Å². The number of aromatic nitrogens is 2. The lowest BCUT2D eigenvalue weighted by Crippen LogP contribution is -1.94. The van der Waals surface area contributed by atoms with Gasteiger partial charge in [-0.15, -0.1) is 0 Å². The molecule has 0 atom stereocenters. The fourth-order valence-corrected chi connectivity index (χ4v) is 8.03. The first-order chi connectivity index (χ1) is 26.5. The molecule has 0 saturated heterocycles. The van der Waals surface area contributed by atoms with Gasteiger partial charge in [0.2, 0.25) is 0 Å². The second-order valence-electron chi connectivity index (χ2n) is 13.1. The molecular formula is C48H30N2O. The van der Waals surface area contributed by atoms with Crippen LogP contribution in [0.3, 0.4) is 0 Å². The van der Waals surface area contributed by atoms with Crippen LogP contribution in [0.5, 0.6) is 0 Å². The maximum atomic E-state index is 9.70. The summed E-state index contributed by atoms with van der Waals surface area (Å²) in [4.78, 5) is 0. The average Bonchev–Trinajstić information content (AvgIpc) is 3.87. The van der Waals surface area contributed by atoms with E-state index in [2.05, 4.69) is 102 Å². The van der Waals surface area contributed by atoms with Crippen LogP contribution in [0.25, 0.3) is 99.2 Å². The molecule has 0 aliphatic heterocycles. The summed E-state index contributed by atoms with van der Waals surface area (Å²) in [6.07, 6.45) is 0. The molecule has 3 heterocycles. The van der Waals surface area contributed by atoms with E-state index in [0.717, 1.165) is 77.2 Å². The molecule has 3 aromatic heterocycles. The number of nitrogens with zero attached hydrogens (tertiary/aromatic N) is 2. The second-order valence-corrected chi connectivity index (χ2v) is 13.1. The predicted molar refractivity (Wildman–Crippen MR) is 213 cm³/mol. The Bertz CT molecular complexity index is 3320. The summed E-state index contributed by atoms with van der Waals surface area (Å²) in [6, 6.07) is 56.0. The third-order valence-electron chi connectivity index (χ3n) is 10.3. The molecule has 0 amide bonds. The van der Waals surface area contributed by atoms with Crippen molar-refractivity contribution in [2.45, 2.75) is 0 Å². The van der Waals surface area contributed by atoms with E-state index in [0.29, 0.717) is 11.3 Å². The third kappa shape index (κ3) is 4.19. The van der Waals surface area contributed by atoms with E-state index >= 15 is 0 Å². The van der Waals surface area contributed by atoms with Crippen LogP contribution in [0.1, 0.15) is 4.11 Å². The molecule has 8 aromatic carbocycles. The standard InChI is InChI=1S/C48H30N2O/c1-2-13-34(14-3-1)49-42-20-7-4-16-37(42)38-26-24-33(30-45(38)49)36-19-11-22-44-48(36)40-18-5-8-21-43(40)50(44)35-15-10-12-31(28-35)32-25-27-47-41(29-32)39-17-6-9-23-46(39)51-47/h1-30H/i10D,15D,28D. The molecule has 51 heavy (non-hydrogen) atoms. The molecule has 0 fully saturated rings. The normalized spacial score (nSPS) is 12.7. The zero-order valence-corrected chi connectivity index (χ0v) is 27.4. The van der Waals surface area contributed by atoms with E-state index in [1.807, 2.05) is 65.2 Å². The highest BCUT2D eigenvalue weighted by atomic mass is 16.3. The Morgan fingerprint density at radius 2 is 1.08 bits per heavy atom. The predicted octanol–water partition coefficient (Wildman–Crippen LogP) is 13.1. The summed E-state index contributed by atoms with van der Waals surface area (Å²) in [5.41, 5.74) is 10.6. The molecule has 3 heteroatoms. The molecule has 0 bridgehead atoms. The van der Waals surface area contributed by atoms with Crippen molar-refractivity contribution in [2.75, 3.05) is 0 Å². The molecule has 0 aliphatic rings. The van der Waals surface area contributed by atoms with Gasteiger partial charge in [0.15, 0.2) is 0 Å². The topological polar surface area (TPSA) is 23.0 Å². The molecular weight excluding hydrogens is 621 g/mol. The summed E-state index contributed by atoms with van der Waals surface area (Å²) < 4.78 is 38.4. The molecule has 0 spiro atoms. The van der Waals surface area contributed by atoms with Gasteiger partial charge in [-0.2, -0.15) is 0 Å². The molecule has 0 aliphatic carbocycles. The van der Waals surface area contributed by atoms with Gasteiger partial charge in [-0.25, -0.2) is 0 Å². The van der Waals surface area contributed by atoms with Crippen LogP contribution in [0.4, 0.5) is 0 Å². The number of rotatable bonds is 4. The van der Waals surface area contributed by atoms with Crippen molar-refractivity contribution in [3.63, 3.8) is 0 Å². The van der Waals surface area contributed by atoms with Gasteiger partial charge in [0.25, 0.3) is 0 Å². The molecule has 0 unspecified atom stereocenters. The van der Waals surface area contributed by atoms with Crippen molar-refractivity contribution in [3.05, 3.63) is 182 Å². The number of furan rings is 1. The molecule has 11 aromatic rings. The fraction of sp³-hybridized carbons (Fsp3) is 0. The van der Waals surface area contributed by atoms with Crippen molar-refractivity contribution >= 4 is 65.6 Å². The Balaban J connectivity index is 1.16. The second kappa shape index (κ2) is 10.8. The Kier molecular flexibility index (Phi) is 5.35. The molecule has 0 saturated carbocycles. The Hall–Kier alpha value is -6.84. The minimum Gasteiger partial charge on any atom is -0.456 e. The number of benzene rings is 8. The van der Waals surface area contributed by atoms with Gasteiger partial charge in [0, 0.05) is 43.7 Å². The van der Waals surface area contributed by atoms with Gasteiger partial charge in [0.05, 0.1) is 26.2 Å². The highest BCUT2D eigenvalue weighted by molar-refractivity contribution is 6.17. The van der Waals surface area contributed by atoms with Gasteiger partial charge >= 0.3 is 0 Å². The smallest absolute Gasteiger partial charge is 0.135 e. The van der Waals surface area contributed by atoms with Crippen molar-refractivity contribution in [3.8, 4) is 33.6 Å². The van der Waals surface area contributed by atoms with Gasteiger partial charge in [-0.3, -0.25) is 0 Å². The van der Waals surface area contributed by atoms with Crippen molar-refractivity contribution in [2.24, 2.45) is 0 Å². The first kappa shape index (κ1) is 25.2. The number of hydrogen-bond donors (Lipinski definition) is 0. The van der Waals surface area contributed by atoms with Gasteiger partial charge in [0.1, 0.15) is 11.2 Å². The Morgan fingerprint density at radius 1 is 0.412 bits per heavy atom. The molecule has 0 radical (unpaired) electrons. The van der Waals surface area contributed by atoms with Crippen molar-refractivity contribution in [1.82, 2.24) is 9.13 Å².